The zero-order valence-corrected chi connectivity index (χ0v) is 13.5. The van der Waals surface area contributed by atoms with E-state index in [1.54, 1.807) is 24.0 Å². The molecule has 22 heavy (non-hydrogen) atoms. The monoisotopic (exact) mass is 335 g/mol. The summed E-state index contributed by atoms with van der Waals surface area (Å²) in [7, 11) is 0. The second-order valence-electron chi connectivity index (χ2n) is 5.02. The van der Waals surface area contributed by atoms with Crippen LogP contribution in [0.3, 0.4) is 0 Å². The molecule has 0 bridgehead atoms. The van der Waals surface area contributed by atoms with Crippen molar-refractivity contribution in [2.45, 2.75) is 19.4 Å². The molecule has 114 valence electrons. The molecular weight excluding hydrogens is 322 g/mol. The van der Waals surface area contributed by atoms with Crippen molar-refractivity contribution in [2.75, 3.05) is 11.4 Å². The Balaban J connectivity index is 1.69. The van der Waals surface area contributed by atoms with Crippen molar-refractivity contribution < 1.29 is 14.3 Å². The van der Waals surface area contributed by atoms with Gasteiger partial charge in [0.15, 0.2) is 6.10 Å². The van der Waals surface area contributed by atoms with Crippen LogP contribution < -0.4 is 4.90 Å². The topological polar surface area (TPSA) is 46.6 Å². The molecule has 1 aliphatic heterocycles. The number of amides is 1. The van der Waals surface area contributed by atoms with Gasteiger partial charge in [-0.05, 0) is 37.1 Å². The highest BCUT2D eigenvalue weighted by molar-refractivity contribution is 7.17. The molecule has 0 N–H and O–H groups in total. The fourth-order valence-corrected chi connectivity index (χ4v) is 3.41. The molecule has 1 aromatic heterocycles. The number of rotatable bonds is 3. The van der Waals surface area contributed by atoms with E-state index in [2.05, 4.69) is 0 Å². The number of esters is 1. The highest BCUT2D eigenvalue weighted by Crippen LogP contribution is 2.28. The number of fused-ring (bicyclic) bond motifs is 1. The molecule has 0 fully saturated rings. The first kappa shape index (κ1) is 15.1. The maximum absolute atomic E-state index is 12.5. The van der Waals surface area contributed by atoms with Crippen LogP contribution in [-0.2, 0) is 16.0 Å². The molecule has 6 heteroatoms. The fourth-order valence-electron chi connectivity index (χ4n) is 2.48. The Labute approximate surface area is 137 Å². The molecule has 2 aromatic rings. The summed E-state index contributed by atoms with van der Waals surface area (Å²) in [6.45, 7) is 2.21. The highest BCUT2D eigenvalue weighted by atomic mass is 35.5. The summed E-state index contributed by atoms with van der Waals surface area (Å²) < 4.78 is 5.77. The van der Waals surface area contributed by atoms with Crippen molar-refractivity contribution >= 4 is 40.5 Å². The number of carbonyl (C=O) groups excluding carboxylic acids is 2. The number of benzene rings is 1. The van der Waals surface area contributed by atoms with Gasteiger partial charge in [0.1, 0.15) is 4.88 Å². The zero-order valence-electron chi connectivity index (χ0n) is 11.9. The standard InChI is InChI=1S/C16H14ClNO3S/c1-10(21-16(20)13-6-7-14(17)22-13)15(19)18-9-8-11-4-2-3-5-12(11)18/h2-7,10H,8-9H2,1H3/t10-/m0/s1. The lowest BCUT2D eigenvalue weighted by molar-refractivity contribution is -0.126. The number of halogens is 1. The summed E-state index contributed by atoms with van der Waals surface area (Å²) >= 11 is 6.94. The first-order valence-corrected chi connectivity index (χ1v) is 8.11. The normalized spacial score (nSPS) is 14.5. The molecule has 4 nitrogen and oxygen atoms in total. The molecule has 1 aliphatic rings. The Morgan fingerprint density at radius 1 is 1.27 bits per heavy atom. The molecule has 0 saturated heterocycles. The van der Waals surface area contributed by atoms with E-state index < -0.39 is 12.1 Å². The van der Waals surface area contributed by atoms with Gasteiger partial charge in [-0.2, -0.15) is 0 Å². The number of hydrogen-bond acceptors (Lipinski definition) is 4. The van der Waals surface area contributed by atoms with Gasteiger partial charge >= 0.3 is 5.97 Å². The van der Waals surface area contributed by atoms with Crippen LogP contribution >= 0.6 is 22.9 Å². The Hall–Kier alpha value is -1.85. The van der Waals surface area contributed by atoms with Crippen LogP contribution in [0.15, 0.2) is 36.4 Å². The summed E-state index contributed by atoms with van der Waals surface area (Å²) in [4.78, 5) is 26.6. The van der Waals surface area contributed by atoms with Crippen molar-refractivity contribution in [3.05, 3.63) is 51.2 Å². The van der Waals surface area contributed by atoms with E-state index in [9.17, 15) is 9.59 Å². The van der Waals surface area contributed by atoms with Gasteiger partial charge in [0.05, 0.1) is 4.34 Å². The first-order valence-electron chi connectivity index (χ1n) is 6.92. The molecule has 3 rings (SSSR count). The number of ether oxygens (including phenoxy) is 1. The minimum absolute atomic E-state index is 0.207. The van der Waals surface area contributed by atoms with Gasteiger partial charge in [0.2, 0.25) is 0 Å². The average molecular weight is 336 g/mol. The number of anilines is 1. The van der Waals surface area contributed by atoms with Crippen molar-refractivity contribution in [1.29, 1.82) is 0 Å². The molecule has 2 heterocycles. The van der Waals surface area contributed by atoms with Crippen LogP contribution in [0, 0.1) is 0 Å². The smallest absolute Gasteiger partial charge is 0.349 e. The van der Waals surface area contributed by atoms with Gasteiger partial charge in [-0.3, -0.25) is 4.79 Å². The lowest BCUT2D eigenvalue weighted by Crippen LogP contribution is -2.39. The molecule has 0 saturated carbocycles. The molecule has 1 aromatic carbocycles. The summed E-state index contributed by atoms with van der Waals surface area (Å²) in [6, 6.07) is 11.0. The average Bonchev–Trinajstić information content (AvgIpc) is 3.12. The summed E-state index contributed by atoms with van der Waals surface area (Å²) in [5, 5.41) is 0. The maximum Gasteiger partial charge on any atom is 0.349 e. The molecule has 1 amide bonds. The van der Waals surface area contributed by atoms with E-state index in [1.807, 2.05) is 24.3 Å². The summed E-state index contributed by atoms with van der Waals surface area (Å²) in [5.74, 6) is -0.730. The summed E-state index contributed by atoms with van der Waals surface area (Å²) in [6.07, 6.45) is -0.0112. The molecule has 1 atom stereocenters. The van der Waals surface area contributed by atoms with Gasteiger partial charge in [0.25, 0.3) is 5.91 Å². The predicted octanol–water partition coefficient (Wildman–Crippen LogP) is 3.54. The molecule has 0 spiro atoms. The Kier molecular flexibility index (Phi) is 4.18. The van der Waals surface area contributed by atoms with Gasteiger partial charge in [-0.15, -0.1) is 11.3 Å². The number of nitrogens with zero attached hydrogens (tertiary/aromatic N) is 1. The number of carbonyl (C=O) groups is 2. The fraction of sp³-hybridized carbons (Fsp3) is 0.250. The van der Waals surface area contributed by atoms with E-state index >= 15 is 0 Å². The van der Waals surface area contributed by atoms with E-state index in [0.29, 0.717) is 15.8 Å². The van der Waals surface area contributed by atoms with Crippen LogP contribution in [0.1, 0.15) is 22.2 Å². The second kappa shape index (κ2) is 6.10. The number of para-hydroxylation sites is 1. The first-order chi connectivity index (χ1) is 10.6. The van der Waals surface area contributed by atoms with Crippen molar-refractivity contribution in [2.24, 2.45) is 0 Å². The minimum atomic E-state index is -0.834. The van der Waals surface area contributed by atoms with Crippen LogP contribution in [0.2, 0.25) is 4.34 Å². The third-order valence-electron chi connectivity index (χ3n) is 3.56. The van der Waals surface area contributed by atoms with Gasteiger partial charge in [-0.25, -0.2) is 4.79 Å². The van der Waals surface area contributed by atoms with Crippen LogP contribution in [-0.4, -0.2) is 24.5 Å². The zero-order chi connectivity index (χ0) is 15.7. The van der Waals surface area contributed by atoms with Gasteiger partial charge in [-0.1, -0.05) is 29.8 Å². The predicted molar refractivity (Wildman–Crippen MR) is 86.7 cm³/mol. The minimum Gasteiger partial charge on any atom is -0.448 e. The Bertz CT molecular complexity index is 728. The van der Waals surface area contributed by atoms with Crippen LogP contribution in [0.25, 0.3) is 0 Å². The van der Waals surface area contributed by atoms with E-state index in [0.717, 1.165) is 29.0 Å². The second-order valence-corrected chi connectivity index (χ2v) is 6.73. The third-order valence-corrected chi connectivity index (χ3v) is 4.77. The summed E-state index contributed by atoms with van der Waals surface area (Å²) in [5.41, 5.74) is 2.04. The Morgan fingerprint density at radius 2 is 2.05 bits per heavy atom. The van der Waals surface area contributed by atoms with Gasteiger partial charge < -0.3 is 9.64 Å². The quantitative estimate of drug-likeness (QED) is 0.806. The maximum atomic E-state index is 12.5. The molecular formula is C16H14ClNO3S. The highest BCUT2D eigenvalue weighted by Gasteiger charge is 2.30. The van der Waals surface area contributed by atoms with E-state index in [1.165, 1.54) is 0 Å². The van der Waals surface area contributed by atoms with Crippen molar-refractivity contribution in [1.82, 2.24) is 0 Å². The number of thiophene rings is 1. The largest absolute Gasteiger partial charge is 0.448 e. The number of hydrogen-bond donors (Lipinski definition) is 0. The van der Waals surface area contributed by atoms with Crippen LogP contribution in [0.4, 0.5) is 5.69 Å². The van der Waals surface area contributed by atoms with Crippen molar-refractivity contribution in [3.8, 4) is 0 Å². The third kappa shape index (κ3) is 2.87. The lowest BCUT2D eigenvalue weighted by atomic mass is 10.2. The molecule has 0 radical (unpaired) electrons. The van der Waals surface area contributed by atoms with Crippen LogP contribution in [0.5, 0.6) is 0 Å². The van der Waals surface area contributed by atoms with E-state index in [-0.39, 0.29) is 5.91 Å². The van der Waals surface area contributed by atoms with E-state index in [4.69, 9.17) is 16.3 Å². The molecule has 0 aliphatic carbocycles. The molecule has 0 unspecified atom stereocenters. The van der Waals surface area contributed by atoms with Gasteiger partial charge in [0, 0.05) is 12.2 Å². The lowest BCUT2D eigenvalue weighted by Gasteiger charge is -2.21. The Morgan fingerprint density at radius 3 is 2.77 bits per heavy atom. The van der Waals surface area contributed by atoms with Crippen molar-refractivity contribution in [3.63, 3.8) is 0 Å². The SMILES string of the molecule is C[C@H](OC(=O)c1ccc(Cl)s1)C(=O)N1CCc2ccccc21.